The molecule has 2 fully saturated rings. The van der Waals surface area contributed by atoms with Gasteiger partial charge in [0.2, 0.25) is 0 Å². The lowest BCUT2D eigenvalue weighted by Crippen LogP contribution is -2.35. The van der Waals surface area contributed by atoms with Gasteiger partial charge in [-0.1, -0.05) is 35.4 Å². The van der Waals surface area contributed by atoms with Crippen molar-refractivity contribution in [2.75, 3.05) is 20.0 Å². The zero-order valence-electron chi connectivity index (χ0n) is 16.0. The molecule has 0 spiro atoms. The summed E-state index contributed by atoms with van der Waals surface area (Å²) in [6.07, 6.45) is -1.28. The van der Waals surface area contributed by atoms with E-state index in [1.807, 2.05) is 50.2 Å². The summed E-state index contributed by atoms with van der Waals surface area (Å²) in [6.45, 7) is 4.78. The van der Waals surface area contributed by atoms with Crippen LogP contribution in [0.1, 0.15) is 21.5 Å². The quantitative estimate of drug-likeness (QED) is 0.564. The third-order valence-electron chi connectivity index (χ3n) is 5.04. The molecule has 0 aromatic heterocycles. The second kappa shape index (κ2) is 8.31. The van der Waals surface area contributed by atoms with Gasteiger partial charge in [-0.15, -0.1) is 0 Å². The van der Waals surface area contributed by atoms with Gasteiger partial charge in [-0.3, -0.25) is 0 Å². The summed E-state index contributed by atoms with van der Waals surface area (Å²) in [5.41, 5.74) is 2.78. The molecular formula is C22H24O6. The lowest BCUT2D eigenvalue weighted by molar-refractivity contribution is -0.0839. The highest BCUT2D eigenvalue weighted by atomic mass is 16.7. The minimum atomic E-state index is -0.439. The van der Waals surface area contributed by atoms with Gasteiger partial charge in [0.05, 0.1) is 18.8 Å². The Morgan fingerprint density at radius 2 is 1.46 bits per heavy atom. The Kier molecular flexibility index (Phi) is 5.62. The van der Waals surface area contributed by atoms with Crippen LogP contribution in [0.5, 0.6) is 5.75 Å². The molecule has 2 aliphatic rings. The van der Waals surface area contributed by atoms with Crippen molar-refractivity contribution in [1.29, 1.82) is 0 Å². The maximum atomic E-state index is 12.4. The molecule has 28 heavy (non-hydrogen) atoms. The topological polar surface area (TPSA) is 63.2 Å². The minimum Gasteiger partial charge on any atom is -0.468 e. The molecule has 2 heterocycles. The van der Waals surface area contributed by atoms with Gasteiger partial charge in [0.25, 0.3) is 0 Å². The maximum absolute atomic E-state index is 12.4. The van der Waals surface area contributed by atoms with E-state index in [0.29, 0.717) is 18.8 Å². The monoisotopic (exact) mass is 384 g/mol. The van der Waals surface area contributed by atoms with Gasteiger partial charge in [0.1, 0.15) is 24.1 Å². The lowest BCUT2D eigenvalue weighted by Gasteiger charge is -2.17. The van der Waals surface area contributed by atoms with E-state index < -0.39 is 6.10 Å². The van der Waals surface area contributed by atoms with Gasteiger partial charge in [-0.25, -0.2) is 4.79 Å². The van der Waals surface area contributed by atoms with Gasteiger partial charge < -0.3 is 23.7 Å². The van der Waals surface area contributed by atoms with Crippen molar-refractivity contribution in [1.82, 2.24) is 0 Å². The average molecular weight is 384 g/mol. The molecule has 0 saturated carbocycles. The first-order valence-electron chi connectivity index (χ1n) is 9.42. The molecule has 2 aliphatic heterocycles. The Bertz CT molecular complexity index is 801. The number of carbonyl (C=O) groups excluding carboxylic acids is 1. The van der Waals surface area contributed by atoms with E-state index in [4.69, 9.17) is 23.7 Å². The number of fused-ring (bicyclic) bond motifs is 1. The highest BCUT2D eigenvalue weighted by Gasteiger charge is 2.50. The zero-order chi connectivity index (χ0) is 19.5. The summed E-state index contributed by atoms with van der Waals surface area (Å²) in [4.78, 5) is 12.4. The molecule has 4 unspecified atom stereocenters. The molecule has 0 aliphatic carbocycles. The minimum absolute atomic E-state index is 0.109. The number of benzene rings is 2. The third-order valence-corrected chi connectivity index (χ3v) is 5.04. The predicted molar refractivity (Wildman–Crippen MR) is 101 cm³/mol. The Morgan fingerprint density at radius 3 is 2.14 bits per heavy atom. The Labute approximate surface area is 164 Å². The van der Waals surface area contributed by atoms with Crippen molar-refractivity contribution in [2.24, 2.45) is 0 Å². The fourth-order valence-corrected chi connectivity index (χ4v) is 3.39. The van der Waals surface area contributed by atoms with Crippen LogP contribution < -0.4 is 4.74 Å². The number of carbonyl (C=O) groups is 1. The predicted octanol–water partition coefficient (Wildman–Crippen LogP) is 3.05. The van der Waals surface area contributed by atoms with Crippen LogP contribution in [-0.2, 0) is 18.9 Å². The summed E-state index contributed by atoms with van der Waals surface area (Å²) < 4.78 is 28.6. The summed E-state index contributed by atoms with van der Waals surface area (Å²) in [5.74, 6) is 0.378. The van der Waals surface area contributed by atoms with Crippen LogP contribution in [0.15, 0.2) is 48.5 Å². The molecule has 0 bridgehead atoms. The third kappa shape index (κ3) is 4.19. The van der Waals surface area contributed by atoms with Gasteiger partial charge in [-0.05, 0) is 38.1 Å². The van der Waals surface area contributed by atoms with E-state index in [2.05, 4.69) is 0 Å². The van der Waals surface area contributed by atoms with Gasteiger partial charge >= 0.3 is 5.97 Å². The molecule has 2 saturated heterocycles. The Hall–Kier alpha value is -2.41. The van der Waals surface area contributed by atoms with Gasteiger partial charge in [0.15, 0.2) is 12.9 Å². The summed E-state index contributed by atoms with van der Waals surface area (Å²) in [6, 6.07) is 15.1. The van der Waals surface area contributed by atoms with Crippen molar-refractivity contribution in [3.63, 3.8) is 0 Å². The SMILES string of the molecule is Cc1ccc(OCOC2COC3C(OC(=O)c4ccc(C)cc4)COC23)cc1. The smallest absolute Gasteiger partial charge is 0.338 e. The first-order valence-corrected chi connectivity index (χ1v) is 9.42. The van der Waals surface area contributed by atoms with Gasteiger partial charge in [-0.2, -0.15) is 0 Å². The number of hydrogen-bond acceptors (Lipinski definition) is 6. The van der Waals surface area contributed by atoms with Crippen molar-refractivity contribution < 1.29 is 28.5 Å². The molecule has 6 heteroatoms. The lowest BCUT2D eigenvalue weighted by atomic mass is 10.1. The normalized spacial score (nSPS) is 26.1. The fraction of sp³-hybridized carbons (Fsp3) is 0.409. The van der Waals surface area contributed by atoms with E-state index >= 15 is 0 Å². The van der Waals surface area contributed by atoms with Crippen LogP contribution in [-0.4, -0.2) is 50.4 Å². The molecule has 4 rings (SSSR count). The van der Waals surface area contributed by atoms with Crippen LogP contribution in [0.2, 0.25) is 0 Å². The standard InChI is InChI=1S/C22H24O6/c1-14-3-7-16(8-4-14)22(23)28-19-12-25-20-18(11-24-21(19)20)27-13-26-17-9-5-15(2)6-10-17/h3-10,18-21H,11-13H2,1-2H3. The van der Waals surface area contributed by atoms with E-state index in [0.717, 1.165) is 11.3 Å². The highest BCUT2D eigenvalue weighted by molar-refractivity contribution is 5.89. The van der Waals surface area contributed by atoms with Crippen LogP contribution in [0.3, 0.4) is 0 Å². The first kappa shape index (κ1) is 18.9. The molecule has 0 amide bonds. The second-order valence-electron chi connectivity index (χ2n) is 7.19. The molecular weight excluding hydrogens is 360 g/mol. The average Bonchev–Trinajstić information content (AvgIpc) is 3.27. The molecule has 148 valence electrons. The zero-order valence-corrected chi connectivity index (χ0v) is 16.0. The van der Waals surface area contributed by atoms with E-state index in [-0.39, 0.29) is 31.1 Å². The van der Waals surface area contributed by atoms with Gasteiger partial charge in [0, 0.05) is 0 Å². The Balaban J connectivity index is 1.27. The number of hydrogen-bond donors (Lipinski definition) is 0. The van der Waals surface area contributed by atoms with Crippen LogP contribution in [0, 0.1) is 13.8 Å². The molecule has 0 N–H and O–H groups in total. The molecule has 6 nitrogen and oxygen atoms in total. The van der Waals surface area contributed by atoms with Crippen LogP contribution >= 0.6 is 0 Å². The summed E-state index contributed by atoms with van der Waals surface area (Å²) in [5, 5.41) is 0. The molecule has 0 radical (unpaired) electrons. The van der Waals surface area contributed by atoms with Crippen molar-refractivity contribution in [2.45, 2.75) is 38.3 Å². The van der Waals surface area contributed by atoms with E-state index in [1.54, 1.807) is 12.1 Å². The van der Waals surface area contributed by atoms with Crippen molar-refractivity contribution in [3.05, 3.63) is 65.2 Å². The van der Waals surface area contributed by atoms with E-state index in [1.165, 1.54) is 5.56 Å². The molecule has 4 atom stereocenters. The van der Waals surface area contributed by atoms with Crippen molar-refractivity contribution >= 4 is 5.97 Å². The summed E-state index contributed by atoms with van der Waals surface area (Å²) >= 11 is 0. The van der Waals surface area contributed by atoms with E-state index in [9.17, 15) is 4.79 Å². The largest absolute Gasteiger partial charge is 0.468 e. The van der Waals surface area contributed by atoms with Crippen molar-refractivity contribution in [3.8, 4) is 5.75 Å². The molecule has 2 aromatic carbocycles. The number of ether oxygens (including phenoxy) is 5. The highest BCUT2D eigenvalue weighted by Crippen LogP contribution is 2.31. The number of rotatable bonds is 6. The first-order chi connectivity index (χ1) is 13.6. The second-order valence-corrected chi connectivity index (χ2v) is 7.19. The number of aryl methyl sites for hydroxylation is 2. The summed E-state index contributed by atoms with van der Waals surface area (Å²) in [7, 11) is 0. The maximum Gasteiger partial charge on any atom is 0.338 e. The van der Waals surface area contributed by atoms with Crippen LogP contribution in [0.4, 0.5) is 0 Å². The Morgan fingerprint density at radius 1 is 0.893 bits per heavy atom. The number of esters is 1. The molecule has 2 aromatic rings. The van der Waals surface area contributed by atoms with Crippen LogP contribution in [0.25, 0.3) is 0 Å². The fourth-order valence-electron chi connectivity index (χ4n) is 3.39.